The second-order valence-corrected chi connectivity index (χ2v) is 3.48. The molecule has 0 amide bonds. The maximum atomic E-state index is 6.00. The molecule has 0 saturated heterocycles. The van der Waals surface area contributed by atoms with E-state index >= 15 is 0 Å². The van der Waals surface area contributed by atoms with Gasteiger partial charge in [0.05, 0.1) is 15.6 Å². The van der Waals surface area contributed by atoms with Gasteiger partial charge in [0.25, 0.3) is 0 Å². The van der Waals surface area contributed by atoms with Gasteiger partial charge in [-0.25, -0.2) is 9.97 Å². The molecule has 4 heteroatoms. The van der Waals surface area contributed by atoms with E-state index in [1.165, 1.54) is 0 Å². The number of benzene rings is 1. The van der Waals surface area contributed by atoms with E-state index in [0.717, 1.165) is 0 Å². The average molecular weight is 225 g/mol. The van der Waals surface area contributed by atoms with Gasteiger partial charge in [0, 0.05) is 12.4 Å². The highest BCUT2D eigenvalue weighted by atomic mass is 35.5. The first-order valence-corrected chi connectivity index (χ1v) is 4.76. The van der Waals surface area contributed by atoms with Crippen molar-refractivity contribution in [2.24, 2.45) is 0 Å². The minimum atomic E-state index is 0.545. The summed E-state index contributed by atoms with van der Waals surface area (Å²) in [5, 5.41) is 1.12. The van der Waals surface area contributed by atoms with E-state index in [0.29, 0.717) is 21.4 Å². The summed E-state index contributed by atoms with van der Waals surface area (Å²) in [6, 6.07) is 7.06. The molecule has 1 aromatic heterocycles. The van der Waals surface area contributed by atoms with Crippen LogP contribution in [0.2, 0.25) is 10.0 Å². The predicted octanol–water partition coefficient (Wildman–Crippen LogP) is 3.45. The lowest BCUT2D eigenvalue weighted by molar-refractivity contribution is 1.18. The van der Waals surface area contributed by atoms with Crippen LogP contribution in [0.25, 0.3) is 11.4 Å². The van der Waals surface area contributed by atoms with Crippen LogP contribution in [0.3, 0.4) is 0 Å². The van der Waals surface area contributed by atoms with Crippen LogP contribution in [-0.2, 0) is 0 Å². The number of hydrogen-bond acceptors (Lipinski definition) is 2. The zero-order valence-electron chi connectivity index (χ0n) is 7.11. The van der Waals surface area contributed by atoms with Crippen LogP contribution in [0.15, 0.2) is 36.7 Å². The van der Waals surface area contributed by atoms with Crippen LogP contribution in [0, 0.1) is 0 Å². The van der Waals surface area contributed by atoms with Crippen molar-refractivity contribution in [2.45, 2.75) is 0 Å². The average Bonchev–Trinajstić information content (AvgIpc) is 2.19. The third kappa shape index (κ3) is 1.72. The van der Waals surface area contributed by atoms with Crippen molar-refractivity contribution in [1.29, 1.82) is 0 Å². The molecular weight excluding hydrogens is 219 g/mol. The van der Waals surface area contributed by atoms with Gasteiger partial charge >= 0.3 is 0 Å². The van der Waals surface area contributed by atoms with Crippen LogP contribution in [-0.4, -0.2) is 9.97 Å². The zero-order valence-corrected chi connectivity index (χ0v) is 8.63. The number of nitrogens with zero attached hydrogens (tertiary/aromatic N) is 2. The molecule has 1 aromatic carbocycles. The lowest BCUT2D eigenvalue weighted by Crippen LogP contribution is -1.88. The van der Waals surface area contributed by atoms with E-state index in [1.54, 1.807) is 36.7 Å². The number of halogens is 2. The van der Waals surface area contributed by atoms with Crippen LogP contribution >= 0.6 is 23.2 Å². The standard InChI is InChI=1S/C10H6Cl2N2/c11-7-3-1-4-8(12)9(7)10-13-5-2-6-14-10/h1-6H. The van der Waals surface area contributed by atoms with Crippen molar-refractivity contribution in [3.8, 4) is 11.4 Å². The zero-order chi connectivity index (χ0) is 9.97. The third-order valence-corrected chi connectivity index (χ3v) is 2.38. The molecule has 2 nitrogen and oxygen atoms in total. The highest BCUT2D eigenvalue weighted by molar-refractivity contribution is 6.38. The molecule has 0 unspecified atom stereocenters. The molecule has 0 atom stereocenters. The number of rotatable bonds is 1. The van der Waals surface area contributed by atoms with Gasteiger partial charge in [-0.3, -0.25) is 0 Å². The van der Waals surface area contributed by atoms with Crippen molar-refractivity contribution < 1.29 is 0 Å². The first-order valence-electron chi connectivity index (χ1n) is 4.00. The fourth-order valence-corrected chi connectivity index (χ4v) is 1.71. The number of hydrogen-bond donors (Lipinski definition) is 0. The summed E-state index contributed by atoms with van der Waals surface area (Å²) in [4.78, 5) is 8.18. The van der Waals surface area contributed by atoms with Crippen molar-refractivity contribution in [2.75, 3.05) is 0 Å². The minimum absolute atomic E-state index is 0.545. The summed E-state index contributed by atoms with van der Waals surface area (Å²) in [5.41, 5.74) is 0.677. The first-order chi connectivity index (χ1) is 6.79. The van der Waals surface area contributed by atoms with Gasteiger partial charge in [-0.2, -0.15) is 0 Å². The molecule has 1 heterocycles. The molecule has 0 aliphatic heterocycles. The summed E-state index contributed by atoms with van der Waals surface area (Å²) >= 11 is 12.0. The third-order valence-electron chi connectivity index (χ3n) is 1.75. The Morgan fingerprint density at radius 3 is 2.00 bits per heavy atom. The Kier molecular flexibility index (Phi) is 2.66. The Hall–Kier alpha value is -1.12. The quantitative estimate of drug-likeness (QED) is 0.742. The monoisotopic (exact) mass is 224 g/mol. The lowest BCUT2D eigenvalue weighted by atomic mass is 10.2. The molecule has 2 rings (SSSR count). The topological polar surface area (TPSA) is 25.8 Å². The van der Waals surface area contributed by atoms with Gasteiger partial charge in [-0.1, -0.05) is 29.3 Å². The fraction of sp³-hybridized carbons (Fsp3) is 0. The summed E-state index contributed by atoms with van der Waals surface area (Å²) in [6.45, 7) is 0. The van der Waals surface area contributed by atoms with E-state index in [1.807, 2.05) is 0 Å². The molecule has 0 spiro atoms. The molecule has 0 radical (unpaired) electrons. The highest BCUT2D eigenvalue weighted by Crippen LogP contribution is 2.31. The fourth-order valence-electron chi connectivity index (χ4n) is 1.14. The summed E-state index contributed by atoms with van der Waals surface area (Å²) in [7, 11) is 0. The molecule has 2 aromatic rings. The van der Waals surface area contributed by atoms with E-state index in [9.17, 15) is 0 Å². The van der Waals surface area contributed by atoms with E-state index in [4.69, 9.17) is 23.2 Å². The summed E-state index contributed by atoms with van der Waals surface area (Å²) in [6.07, 6.45) is 3.31. The van der Waals surface area contributed by atoms with Crippen LogP contribution in [0.4, 0.5) is 0 Å². The van der Waals surface area contributed by atoms with Crippen molar-refractivity contribution >= 4 is 23.2 Å². The second kappa shape index (κ2) is 3.95. The van der Waals surface area contributed by atoms with Gasteiger partial charge in [0.15, 0.2) is 5.82 Å². The largest absolute Gasteiger partial charge is 0.236 e. The molecule has 0 fully saturated rings. The van der Waals surface area contributed by atoms with Gasteiger partial charge in [-0.05, 0) is 18.2 Å². The van der Waals surface area contributed by atoms with Crippen LogP contribution in [0.1, 0.15) is 0 Å². The van der Waals surface area contributed by atoms with Gasteiger partial charge in [-0.15, -0.1) is 0 Å². The second-order valence-electron chi connectivity index (χ2n) is 2.67. The molecule has 0 aliphatic carbocycles. The molecule has 0 bridgehead atoms. The molecule has 14 heavy (non-hydrogen) atoms. The maximum Gasteiger partial charge on any atom is 0.162 e. The smallest absolute Gasteiger partial charge is 0.162 e. The Bertz CT molecular complexity index is 423. The Morgan fingerprint density at radius 1 is 0.857 bits per heavy atom. The van der Waals surface area contributed by atoms with E-state index in [-0.39, 0.29) is 0 Å². The van der Waals surface area contributed by atoms with E-state index in [2.05, 4.69) is 9.97 Å². The Morgan fingerprint density at radius 2 is 1.43 bits per heavy atom. The normalized spacial score (nSPS) is 10.1. The van der Waals surface area contributed by atoms with Crippen LogP contribution < -0.4 is 0 Å². The van der Waals surface area contributed by atoms with Gasteiger partial charge in [0.1, 0.15) is 0 Å². The number of aromatic nitrogens is 2. The lowest BCUT2D eigenvalue weighted by Gasteiger charge is -2.03. The van der Waals surface area contributed by atoms with Gasteiger partial charge in [0.2, 0.25) is 0 Å². The summed E-state index contributed by atoms with van der Waals surface area (Å²) in [5.74, 6) is 0.545. The Labute approximate surface area is 91.5 Å². The van der Waals surface area contributed by atoms with E-state index < -0.39 is 0 Å². The Balaban J connectivity index is 2.63. The van der Waals surface area contributed by atoms with Gasteiger partial charge < -0.3 is 0 Å². The molecule has 70 valence electrons. The van der Waals surface area contributed by atoms with Crippen LogP contribution in [0.5, 0.6) is 0 Å². The molecule has 0 aliphatic rings. The van der Waals surface area contributed by atoms with Crippen molar-refractivity contribution in [1.82, 2.24) is 9.97 Å². The van der Waals surface area contributed by atoms with Crippen molar-refractivity contribution in [3.05, 3.63) is 46.7 Å². The maximum absolute atomic E-state index is 6.00. The first kappa shape index (κ1) is 9.44. The SMILES string of the molecule is Clc1cccc(Cl)c1-c1ncccn1. The highest BCUT2D eigenvalue weighted by Gasteiger charge is 2.09. The molecule has 0 saturated carbocycles. The predicted molar refractivity (Wildman–Crippen MR) is 57.5 cm³/mol. The summed E-state index contributed by atoms with van der Waals surface area (Å²) < 4.78 is 0. The van der Waals surface area contributed by atoms with Crippen molar-refractivity contribution in [3.63, 3.8) is 0 Å². The minimum Gasteiger partial charge on any atom is -0.236 e. The molecule has 0 N–H and O–H groups in total. The molecular formula is C10H6Cl2N2.